The molecule has 0 unspecified atom stereocenters. The Hall–Kier alpha value is -1.67. The fourth-order valence-corrected chi connectivity index (χ4v) is 5.30. The number of ether oxygens (including phenoxy) is 3. The molecule has 0 aliphatic carbocycles. The Morgan fingerprint density at radius 2 is 2.24 bits per heavy atom. The van der Waals surface area contributed by atoms with E-state index in [1.54, 1.807) is 18.2 Å². The molecule has 2 aromatic rings. The number of nitrogens with zero attached hydrogens (tertiary/aromatic N) is 2. The summed E-state index contributed by atoms with van der Waals surface area (Å²) in [5.41, 5.74) is 1.14. The second-order valence-corrected chi connectivity index (χ2v) is 9.19. The van der Waals surface area contributed by atoms with E-state index >= 15 is 0 Å². The van der Waals surface area contributed by atoms with Gasteiger partial charge in [-0.05, 0) is 44.9 Å². The number of benzene rings is 1. The molecular weight excluding hydrogens is 412 g/mol. The number of fused-ring (bicyclic) bond motifs is 1. The summed E-state index contributed by atoms with van der Waals surface area (Å²) in [6, 6.07) is 4.97. The van der Waals surface area contributed by atoms with Gasteiger partial charge in [-0.15, -0.1) is 0 Å². The zero-order chi connectivity index (χ0) is 20.6. The van der Waals surface area contributed by atoms with E-state index < -0.39 is 5.60 Å². The number of carbonyl (C=O) groups is 1. The van der Waals surface area contributed by atoms with Gasteiger partial charge < -0.3 is 18.8 Å². The summed E-state index contributed by atoms with van der Waals surface area (Å²) >= 11 is 7.61. The van der Waals surface area contributed by atoms with Gasteiger partial charge in [0.25, 0.3) is 5.91 Å². The minimum absolute atomic E-state index is 0.148. The number of hydrogen-bond donors (Lipinski definition) is 0. The van der Waals surface area contributed by atoms with Crippen molar-refractivity contribution in [2.45, 2.75) is 51.4 Å². The number of carbonyl (C=O) groups excluding carboxylic acids is 1. The average molecular weight is 437 g/mol. The first-order valence-electron chi connectivity index (χ1n) is 9.80. The van der Waals surface area contributed by atoms with Crippen LogP contribution in [0.3, 0.4) is 0 Å². The molecule has 4 rings (SSSR count). The summed E-state index contributed by atoms with van der Waals surface area (Å²) in [6.07, 6.45) is 3.03. The second-order valence-electron chi connectivity index (χ2n) is 7.78. The van der Waals surface area contributed by atoms with Crippen LogP contribution in [0.25, 0.3) is 0 Å². The lowest BCUT2D eigenvalue weighted by Crippen LogP contribution is -2.31. The maximum absolute atomic E-state index is 13.0. The highest BCUT2D eigenvalue weighted by atomic mass is 35.5. The van der Waals surface area contributed by atoms with Crippen LogP contribution in [0.5, 0.6) is 5.75 Å². The number of hydrogen-bond acceptors (Lipinski definition) is 5. The molecule has 2 aliphatic rings. The van der Waals surface area contributed by atoms with E-state index in [-0.39, 0.29) is 12.0 Å². The van der Waals surface area contributed by atoms with E-state index in [9.17, 15) is 4.79 Å². The molecule has 29 heavy (non-hydrogen) atoms. The van der Waals surface area contributed by atoms with Crippen molar-refractivity contribution in [3.63, 3.8) is 0 Å². The minimum atomic E-state index is -0.402. The molecule has 8 heteroatoms. The molecule has 2 aliphatic heterocycles. The third-order valence-electron chi connectivity index (χ3n) is 5.36. The van der Waals surface area contributed by atoms with Crippen molar-refractivity contribution in [1.82, 2.24) is 4.57 Å². The Bertz CT molecular complexity index is 989. The van der Waals surface area contributed by atoms with Gasteiger partial charge in [-0.2, -0.15) is 4.99 Å². The van der Waals surface area contributed by atoms with Crippen LogP contribution in [0.15, 0.2) is 23.2 Å². The zero-order valence-corrected chi connectivity index (χ0v) is 18.4. The van der Waals surface area contributed by atoms with E-state index in [0.29, 0.717) is 34.3 Å². The van der Waals surface area contributed by atoms with Crippen molar-refractivity contribution < 1.29 is 19.0 Å². The molecule has 1 fully saturated rings. The average Bonchev–Trinajstić information content (AvgIpc) is 3.31. The first-order chi connectivity index (χ1) is 13.9. The molecule has 0 spiro atoms. The standard InChI is InChI=1S/C21H25ClN2O4S/c1-21(2)18-16(8-10-28-21)24(12-14-5-4-9-27-14)20(29-18)23-19(25)15-11-13(22)6-7-17(15)26-3/h6-7,11,14H,4-5,8-10,12H2,1-3H3/b23-20-/t14-/m1/s1. The Morgan fingerprint density at radius 1 is 1.41 bits per heavy atom. The highest BCUT2D eigenvalue weighted by Crippen LogP contribution is 2.35. The van der Waals surface area contributed by atoms with Crippen molar-refractivity contribution in [2.24, 2.45) is 4.99 Å². The van der Waals surface area contributed by atoms with E-state index in [1.807, 2.05) is 0 Å². The predicted molar refractivity (Wildman–Crippen MR) is 112 cm³/mol. The number of thiazole rings is 1. The van der Waals surface area contributed by atoms with Gasteiger partial charge in [-0.3, -0.25) is 4.79 Å². The van der Waals surface area contributed by atoms with E-state index in [4.69, 9.17) is 25.8 Å². The molecule has 0 radical (unpaired) electrons. The van der Waals surface area contributed by atoms with E-state index in [0.717, 1.165) is 30.7 Å². The summed E-state index contributed by atoms with van der Waals surface area (Å²) in [7, 11) is 1.53. The lowest BCUT2D eigenvalue weighted by Gasteiger charge is -2.30. The second kappa shape index (κ2) is 8.22. The molecule has 6 nitrogen and oxygen atoms in total. The lowest BCUT2D eigenvalue weighted by molar-refractivity contribution is -0.0303. The summed E-state index contributed by atoms with van der Waals surface area (Å²) in [5, 5.41) is 0.469. The summed E-state index contributed by atoms with van der Waals surface area (Å²) in [6.45, 7) is 6.25. The Kier molecular flexibility index (Phi) is 5.84. The van der Waals surface area contributed by atoms with Crippen LogP contribution in [0, 0.1) is 0 Å². The molecule has 1 atom stereocenters. The first kappa shape index (κ1) is 20.6. The topological polar surface area (TPSA) is 62.0 Å². The van der Waals surface area contributed by atoms with Crippen LogP contribution in [0.4, 0.5) is 0 Å². The summed E-state index contributed by atoms with van der Waals surface area (Å²) in [4.78, 5) is 19.3. The minimum Gasteiger partial charge on any atom is -0.496 e. The smallest absolute Gasteiger partial charge is 0.283 e. The molecule has 156 valence electrons. The van der Waals surface area contributed by atoms with E-state index in [2.05, 4.69) is 23.4 Å². The summed E-state index contributed by atoms with van der Waals surface area (Å²) in [5.74, 6) is 0.0848. The largest absolute Gasteiger partial charge is 0.496 e. The third-order valence-corrected chi connectivity index (χ3v) is 7.02. The maximum Gasteiger partial charge on any atom is 0.283 e. The van der Waals surface area contributed by atoms with Gasteiger partial charge in [0.2, 0.25) is 0 Å². The van der Waals surface area contributed by atoms with Crippen molar-refractivity contribution >= 4 is 28.8 Å². The monoisotopic (exact) mass is 436 g/mol. The van der Waals surface area contributed by atoms with Gasteiger partial charge in [-0.1, -0.05) is 22.9 Å². The molecule has 3 heterocycles. The molecule has 1 saturated heterocycles. The molecule has 1 amide bonds. The SMILES string of the molecule is COc1ccc(Cl)cc1C(=O)/N=c1\sc2c(n1C[C@H]1CCCO1)CCOC2(C)C. The fraction of sp³-hybridized carbons (Fsp3) is 0.524. The molecule has 0 N–H and O–H groups in total. The highest BCUT2D eigenvalue weighted by molar-refractivity contribution is 7.09. The van der Waals surface area contributed by atoms with Gasteiger partial charge >= 0.3 is 0 Å². The third kappa shape index (κ3) is 4.14. The zero-order valence-electron chi connectivity index (χ0n) is 16.9. The lowest BCUT2D eigenvalue weighted by atomic mass is 10.0. The number of rotatable bonds is 4. The van der Waals surface area contributed by atoms with Crippen molar-refractivity contribution in [3.8, 4) is 5.75 Å². The number of aromatic nitrogens is 1. The van der Waals surface area contributed by atoms with Crippen LogP contribution in [0.1, 0.15) is 47.6 Å². The van der Waals surface area contributed by atoms with Gasteiger partial charge in [-0.25, -0.2) is 0 Å². The molecular formula is C21H25ClN2O4S. The van der Waals surface area contributed by atoms with Crippen molar-refractivity contribution in [1.29, 1.82) is 0 Å². The molecule has 0 bridgehead atoms. The van der Waals surface area contributed by atoms with Gasteiger partial charge in [0.05, 0.1) is 42.4 Å². The van der Waals surface area contributed by atoms with Crippen LogP contribution in [-0.2, 0) is 28.0 Å². The van der Waals surface area contributed by atoms with Crippen LogP contribution in [0.2, 0.25) is 5.02 Å². The van der Waals surface area contributed by atoms with E-state index in [1.165, 1.54) is 24.1 Å². The fourth-order valence-electron chi connectivity index (χ4n) is 3.89. The van der Waals surface area contributed by atoms with Crippen molar-refractivity contribution in [2.75, 3.05) is 20.3 Å². The van der Waals surface area contributed by atoms with Crippen molar-refractivity contribution in [3.05, 3.63) is 44.2 Å². The molecule has 1 aromatic heterocycles. The number of amides is 1. The predicted octanol–water partition coefficient (Wildman–Crippen LogP) is 3.94. The van der Waals surface area contributed by atoms with Crippen LogP contribution in [-0.4, -0.2) is 36.9 Å². The van der Waals surface area contributed by atoms with Gasteiger partial charge in [0.1, 0.15) is 5.75 Å². The first-order valence-corrected chi connectivity index (χ1v) is 11.0. The number of methoxy groups -OCH3 is 1. The number of halogens is 1. The van der Waals surface area contributed by atoms with Gasteiger partial charge in [0, 0.05) is 23.7 Å². The Balaban J connectivity index is 1.81. The quantitative estimate of drug-likeness (QED) is 0.728. The van der Waals surface area contributed by atoms with Crippen LogP contribution >= 0.6 is 22.9 Å². The highest BCUT2D eigenvalue weighted by Gasteiger charge is 2.34. The molecule has 1 aromatic carbocycles. The Labute approximate surface area is 179 Å². The maximum atomic E-state index is 13.0. The van der Waals surface area contributed by atoms with Gasteiger partial charge in [0.15, 0.2) is 4.80 Å². The Morgan fingerprint density at radius 3 is 2.97 bits per heavy atom. The summed E-state index contributed by atoms with van der Waals surface area (Å²) < 4.78 is 19.3. The normalized spacial score (nSPS) is 21.2. The van der Waals surface area contributed by atoms with Crippen LogP contribution < -0.4 is 9.54 Å². The molecule has 0 saturated carbocycles.